The zero-order valence-corrected chi connectivity index (χ0v) is 12.3. The Morgan fingerprint density at radius 1 is 1.50 bits per heavy atom. The molecule has 0 aromatic carbocycles. The molecule has 1 aliphatic heterocycles. The van der Waals surface area contributed by atoms with Crippen molar-refractivity contribution >= 4 is 22.9 Å². The van der Waals surface area contributed by atoms with Crippen LogP contribution >= 0.6 is 22.9 Å². The van der Waals surface area contributed by atoms with E-state index in [0.29, 0.717) is 6.54 Å². The quantitative estimate of drug-likeness (QED) is 0.905. The van der Waals surface area contributed by atoms with Crippen LogP contribution in [0, 0.1) is 5.92 Å². The molecule has 2 N–H and O–H groups in total. The van der Waals surface area contributed by atoms with Crippen LogP contribution in [0.3, 0.4) is 0 Å². The molecule has 3 nitrogen and oxygen atoms in total. The largest absolute Gasteiger partial charge is 0.381 e. The zero-order valence-electron chi connectivity index (χ0n) is 10.8. The van der Waals surface area contributed by atoms with E-state index in [0.717, 1.165) is 42.9 Å². The Morgan fingerprint density at radius 2 is 2.22 bits per heavy atom. The van der Waals surface area contributed by atoms with E-state index in [4.69, 9.17) is 22.1 Å². The van der Waals surface area contributed by atoms with Gasteiger partial charge in [0.15, 0.2) is 0 Å². The van der Waals surface area contributed by atoms with Crippen LogP contribution in [0.5, 0.6) is 0 Å². The molecule has 102 valence electrons. The summed E-state index contributed by atoms with van der Waals surface area (Å²) in [5, 5.41) is 0. The van der Waals surface area contributed by atoms with Gasteiger partial charge in [-0.3, -0.25) is 4.90 Å². The van der Waals surface area contributed by atoms with Crippen LogP contribution in [0.15, 0.2) is 12.1 Å². The van der Waals surface area contributed by atoms with Crippen LogP contribution in [0.1, 0.15) is 23.8 Å². The Hall–Kier alpha value is -0.130. The van der Waals surface area contributed by atoms with Crippen molar-refractivity contribution in [1.82, 2.24) is 4.90 Å². The summed E-state index contributed by atoms with van der Waals surface area (Å²) in [4.78, 5) is 3.62. The lowest BCUT2D eigenvalue weighted by molar-refractivity contribution is 0.0509. The van der Waals surface area contributed by atoms with Gasteiger partial charge >= 0.3 is 0 Å². The summed E-state index contributed by atoms with van der Waals surface area (Å²) in [5.74, 6) is 0.730. The molecular weight excluding hydrogens is 268 g/mol. The fraction of sp³-hybridized carbons (Fsp3) is 0.692. The third-order valence-corrected chi connectivity index (χ3v) is 4.90. The van der Waals surface area contributed by atoms with Crippen molar-refractivity contribution in [3.05, 3.63) is 21.3 Å². The second-order valence-electron chi connectivity index (χ2n) is 4.89. The van der Waals surface area contributed by atoms with Crippen molar-refractivity contribution in [3.8, 4) is 0 Å². The second-order valence-corrected chi connectivity index (χ2v) is 6.64. The topological polar surface area (TPSA) is 38.5 Å². The average molecular weight is 289 g/mol. The molecule has 2 heterocycles. The predicted molar refractivity (Wildman–Crippen MR) is 77.3 cm³/mol. The van der Waals surface area contributed by atoms with Gasteiger partial charge in [0.1, 0.15) is 0 Å². The number of halogens is 1. The Bertz CT molecular complexity index is 366. The Balaban J connectivity index is 1.94. The number of rotatable bonds is 5. The highest BCUT2D eigenvalue weighted by atomic mass is 35.5. The molecule has 0 saturated carbocycles. The number of nitrogens with zero attached hydrogens (tertiary/aromatic N) is 1. The first-order valence-electron chi connectivity index (χ1n) is 6.44. The van der Waals surface area contributed by atoms with Crippen LogP contribution in [0.25, 0.3) is 0 Å². The summed E-state index contributed by atoms with van der Waals surface area (Å²) in [6, 6.07) is 4.32. The van der Waals surface area contributed by atoms with Crippen LogP contribution < -0.4 is 5.73 Å². The molecule has 0 radical (unpaired) electrons. The average Bonchev–Trinajstić information content (AvgIpc) is 2.78. The van der Waals surface area contributed by atoms with Gasteiger partial charge in [-0.2, -0.15) is 0 Å². The summed E-state index contributed by atoms with van der Waals surface area (Å²) in [6.07, 6.45) is 2.32. The molecule has 0 amide bonds. The fourth-order valence-electron chi connectivity index (χ4n) is 2.48. The van der Waals surface area contributed by atoms with Crippen molar-refractivity contribution in [1.29, 1.82) is 0 Å². The highest BCUT2D eigenvalue weighted by Gasteiger charge is 2.22. The molecule has 1 aromatic heterocycles. The number of hydrogen-bond acceptors (Lipinski definition) is 4. The third-order valence-electron chi connectivity index (χ3n) is 3.56. The number of ether oxygens (including phenoxy) is 1. The van der Waals surface area contributed by atoms with E-state index in [1.165, 1.54) is 4.88 Å². The molecule has 1 fully saturated rings. The van der Waals surface area contributed by atoms with Crippen molar-refractivity contribution in [2.24, 2.45) is 11.7 Å². The van der Waals surface area contributed by atoms with E-state index < -0.39 is 0 Å². The van der Waals surface area contributed by atoms with Crippen LogP contribution in [-0.2, 0) is 4.74 Å². The molecule has 0 spiro atoms. The predicted octanol–water partition coefficient (Wildman–Crippen LogP) is 2.76. The molecule has 1 aromatic rings. The summed E-state index contributed by atoms with van der Waals surface area (Å²) in [5.41, 5.74) is 5.92. The SMILES string of the molecule is CN(CC1CCOCC1)C(CN)c1ccc(Cl)s1. The van der Waals surface area contributed by atoms with Gasteiger partial charge in [-0.25, -0.2) is 0 Å². The van der Waals surface area contributed by atoms with Crippen LogP contribution in [0.2, 0.25) is 4.34 Å². The first-order chi connectivity index (χ1) is 8.70. The normalized spacial score (nSPS) is 19.3. The van der Waals surface area contributed by atoms with Gasteiger partial charge in [0.25, 0.3) is 0 Å². The lowest BCUT2D eigenvalue weighted by Crippen LogP contribution is -2.35. The highest BCUT2D eigenvalue weighted by molar-refractivity contribution is 7.16. The Kier molecular flexibility index (Phi) is 5.45. The van der Waals surface area contributed by atoms with Crippen molar-refractivity contribution in [3.63, 3.8) is 0 Å². The zero-order chi connectivity index (χ0) is 13.0. The number of nitrogens with two attached hydrogens (primary N) is 1. The summed E-state index contributed by atoms with van der Waals surface area (Å²) >= 11 is 7.63. The Morgan fingerprint density at radius 3 is 2.78 bits per heavy atom. The molecule has 2 rings (SSSR count). The highest BCUT2D eigenvalue weighted by Crippen LogP contribution is 2.30. The number of hydrogen-bond donors (Lipinski definition) is 1. The van der Waals surface area contributed by atoms with Crippen molar-refractivity contribution < 1.29 is 4.74 Å². The van der Waals surface area contributed by atoms with Gasteiger partial charge in [-0.15, -0.1) is 11.3 Å². The number of likely N-dealkylation sites (N-methyl/N-ethyl adjacent to an activating group) is 1. The molecule has 18 heavy (non-hydrogen) atoms. The van der Waals surface area contributed by atoms with Crippen LogP contribution in [-0.4, -0.2) is 38.3 Å². The standard InChI is InChI=1S/C13H21ClN2OS/c1-16(9-10-4-6-17-7-5-10)11(8-15)12-2-3-13(14)18-12/h2-3,10-11H,4-9,15H2,1H3. The van der Waals surface area contributed by atoms with Gasteiger partial charge in [0.2, 0.25) is 0 Å². The molecule has 1 unspecified atom stereocenters. The number of thiophene rings is 1. The summed E-state index contributed by atoms with van der Waals surface area (Å²) in [7, 11) is 2.15. The molecule has 1 atom stereocenters. The minimum atomic E-state index is 0.283. The first kappa shape index (κ1) is 14.3. The fourth-order valence-corrected chi connectivity index (χ4v) is 3.72. The van der Waals surface area contributed by atoms with Crippen molar-refractivity contribution in [2.75, 3.05) is 33.4 Å². The molecule has 1 saturated heterocycles. The third kappa shape index (κ3) is 3.68. The summed E-state index contributed by atoms with van der Waals surface area (Å²) in [6.45, 7) is 3.52. The Labute approximate surface area is 118 Å². The summed E-state index contributed by atoms with van der Waals surface area (Å²) < 4.78 is 6.23. The molecule has 0 bridgehead atoms. The van der Waals surface area contributed by atoms with E-state index in [2.05, 4.69) is 18.0 Å². The van der Waals surface area contributed by atoms with E-state index in [9.17, 15) is 0 Å². The van der Waals surface area contributed by atoms with Crippen LogP contribution in [0.4, 0.5) is 0 Å². The molecule has 0 aliphatic carbocycles. The van der Waals surface area contributed by atoms with E-state index in [1.807, 2.05) is 6.07 Å². The van der Waals surface area contributed by atoms with Gasteiger partial charge in [-0.1, -0.05) is 11.6 Å². The van der Waals surface area contributed by atoms with E-state index >= 15 is 0 Å². The minimum absolute atomic E-state index is 0.283. The molecular formula is C13H21ClN2OS. The smallest absolute Gasteiger partial charge is 0.0931 e. The molecule has 1 aliphatic rings. The lowest BCUT2D eigenvalue weighted by Gasteiger charge is -2.31. The van der Waals surface area contributed by atoms with Gasteiger partial charge in [0.05, 0.1) is 10.4 Å². The minimum Gasteiger partial charge on any atom is -0.381 e. The maximum absolute atomic E-state index is 6.00. The van der Waals surface area contributed by atoms with Gasteiger partial charge in [-0.05, 0) is 37.9 Å². The van der Waals surface area contributed by atoms with Crippen molar-refractivity contribution in [2.45, 2.75) is 18.9 Å². The van der Waals surface area contributed by atoms with E-state index in [-0.39, 0.29) is 6.04 Å². The maximum Gasteiger partial charge on any atom is 0.0931 e. The van der Waals surface area contributed by atoms with E-state index in [1.54, 1.807) is 11.3 Å². The monoisotopic (exact) mass is 288 g/mol. The lowest BCUT2D eigenvalue weighted by atomic mass is 9.99. The maximum atomic E-state index is 6.00. The van der Waals surface area contributed by atoms with Gasteiger partial charge in [0, 0.05) is 31.2 Å². The van der Waals surface area contributed by atoms with Gasteiger partial charge < -0.3 is 10.5 Å². The second kappa shape index (κ2) is 6.87. The first-order valence-corrected chi connectivity index (χ1v) is 7.63. The molecule has 5 heteroatoms.